The Labute approximate surface area is 107 Å². The van der Waals surface area contributed by atoms with Crippen LogP contribution in [-0.2, 0) is 6.42 Å². The fraction of sp³-hybridized carbons (Fsp3) is 0.571. The van der Waals surface area contributed by atoms with Crippen LogP contribution in [0.4, 0.5) is 0 Å². The van der Waals surface area contributed by atoms with Gasteiger partial charge in [-0.3, -0.25) is 0 Å². The summed E-state index contributed by atoms with van der Waals surface area (Å²) in [5, 5.41) is 3.38. The first-order valence-corrected chi connectivity index (χ1v) is 6.41. The Morgan fingerprint density at radius 3 is 2.78 bits per heavy atom. The van der Waals surface area contributed by atoms with Gasteiger partial charge in [-0.15, -0.1) is 0 Å². The van der Waals surface area contributed by atoms with Crippen LogP contribution in [0, 0.1) is 0 Å². The summed E-state index contributed by atoms with van der Waals surface area (Å²) in [7, 11) is 3.32. The molecule has 1 spiro atoms. The third-order valence-electron chi connectivity index (χ3n) is 3.95. The molecule has 1 fully saturated rings. The van der Waals surface area contributed by atoms with Gasteiger partial charge in [-0.05, 0) is 31.0 Å². The van der Waals surface area contributed by atoms with E-state index in [9.17, 15) is 0 Å². The van der Waals surface area contributed by atoms with Crippen molar-refractivity contribution in [2.45, 2.75) is 24.9 Å². The Morgan fingerprint density at radius 2 is 2.11 bits per heavy atom. The van der Waals surface area contributed by atoms with Crippen LogP contribution in [0.1, 0.15) is 18.4 Å². The predicted octanol–water partition coefficient (Wildman–Crippen LogP) is 1.76. The summed E-state index contributed by atoms with van der Waals surface area (Å²) in [4.78, 5) is 0. The van der Waals surface area contributed by atoms with Crippen molar-refractivity contribution in [1.82, 2.24) is 5.32 Å². The SMILES string of the molecule is COc1ccc2c(c1OC)OC1(CCNC1)CC2. The Kier molecular flexibility index (Phi) is 2.82. The lowest BCUT2D eigenvalue weighted by Gasteiger charge is -2.35. The van der Waals surface area contributed by atoms with E-state index in [-0.39, 0.29) is 5.60 Å². The summed E-state index contributed by atoms with van der Waals surface area (Å²) in [6.45, 7) is 1.95. The molecule has 3 rings (SSSR count). The van der Waals surface area contributed by atoms with Crippen LogP contribution >= 0.6 is 0 Å². The molecule has 18 heavy (non-hydrogen) atoms. The quantitative estimate of drug-likeness (QED) is 0.867. The fourth-order valence-electron chi connectivity index (χ4n) is 2.90. The third-order valence-corrected chi connectivity index (χ3v) is 3.95. The minimum absolute atomic E-state index is 0.0490. The fourth-order valence-corrected chi connectivity index (χ4v) is 2.90. The zero-order valence-corrected chi connectivity index (χ0v) is 10.9. The van der Waals surface area contributed by atoms with Crippen molar-refractivity contribution >= 4 is 0 Å². The minimum Gasteiger partial charge on any atom is -0.493 e. The normalized spacial score (nSPS) is 25.7. The standard InChI is InChI=1S/C14H19NO3/c1-16-11-4-3-10-5-6-14(7-8-15-9-14)18-12(10)13(11)17-2/h3-4,15H,5-9H2,1-2H3. The molecular weight excluding hydrogens is 230 g/mol. The molecule has 1 atom stereocenters. The van der Waals surface area contributed by atoms with Crippen molar-refractivity contribution in [2.24, 2.45) is 0 Å². The van der Waals surface area contributed by atoms with Gasteiger partial charge in [0.1, 0.15) is 5.60 Å². The van der Waals surface area contributed by atoms with Crippen LogP contribution in [0.25, 0.3) is 0 Å². The highest BCUT2D eigenvalue weighted by Gasteiger charge is 2.40. The predicted molar refractivity (Wildman–Crippen MR) is 68.7 cm³/mol. The molecule has 98 valence electrons. The molecule has 4 nitrogen and oxygen atoms in total. The van der Waals surface area contributed by atoms with E-state index in [0.717, 1.165) is 49.6 Å². The maximum Gasteiger partial charge on any atom is 0.203 e. The van der Waals surface area contributed by atoms with Crippen molar-refractivity contribution in [1.29, 1.82) is 0 Å². The minimum atomic E-state index is -0.0490. The maximum absolute atomic E-state index is 6.28. The largest absolute Gasteiger partial charge is 0.493 e. The van der Waals surface area contributed by atoms with E-state index in [1.807, 2.05) is 6.07 Å². The van der Waals surface area contributed by atoms with Gasteiger partial charge in [-0.1, -0.05) is 6.07 Å². The van der Waals surface area contributed by atoms with Crippen molar-refractivity contribution in [3.8, 4) is 17.2 Å². The van der Waals surface area contributed by atoms with Crippen LogP contribution in [0.3, 0.4) is 0 Å². The van der Waals surface area contributed by atoms with Crippen LogP contribution in [0.5, 0.6) is 17.2 Å². The number of rotatable bonds is 2. The molecular formula is C14H19NO3. The summed E-state index contributed by atoms with van der Waals surface area (Å²) < 4.78 is 17.1. The summed E-state index contributed by atoms with van der Waals surface area (Å²) in [5.74, 6) is 2.33. The van der Waals surface area contributed by atoms with Crippen LogP contribution in [-0.4, -0.2) is 32.9 Å². The van der Waals surface area contributed by atoms with Crippen LogP contribution in [0.15, 0.2) is 12.1 Å². The number of aryl methyl sites for hydroxylation is 1. The zero-order chi connectivity index (χ0) is 12.6. The number of hydrogen-bond donors (Lipinski definition) is 1. The molecule has 0 radical (unpaired) electrons. The lowest BCUT2D eigenvalue weighted by atomic mass is 9.90. The van der Waals surface area contributed by atoms with Gasteiger partial charge in [-0.2, -0.15) is 0 Å². The number of fused-ring (bicyclic) bond motifs is 1. The molecule has 2 aliphatic heterocycles. The van der Waals surface area contributed by atoms with Crippen molar-refractivity contribution in [3.63, 3.8) is 0 Å². The molecule has 1 N–H and O–H groups in total. The van der Waals surface area contributed by atoms with Gasteiger partial charge < -0.3 is 19.5 Å². The maximum atomic E-state index is 6.28. The molecule has 0 amide bonds. The van der Waals surface area contributed by atoms with Crippen LogP contribution < -0.4 is 19.5 Å². The average molecular weight is 249 g/mol. The first-order valence-electron chi connectivity index (χ1n) is 6.41. The molecule has 0 saturated carbocycles. The van der Waals surface area contributed by atoms with Crippen molar-refractivity contribution < 1.29 is 14.2 Å². The van der Waals surface area contributed by atoms with Gasteiger partial charge >= 0.3 is 0 Å². The second-order valence-electron chi connectivity index (χ2n) is 5.00. The lowest BCUT2D eigenvalue weighted by molar-refractivity contribution is 0.0622. The summed E-state index contributed by atoms with van der Waals surface area (Å²) in [6.07, 6.45) is 3.17. The van der Waals surface area contributed by atoms with Gasteiger partial charge in [0.2, 0.25) is 5.75 Å². The van der Waals surface area contributed by atoms with E-state index in [1.54, 1.807) is 14.2 Å². The van der Waals surface area contributed by atoms with E-state index in [4.69, 9.17) is 14.2 Å². The Morgan fingerprint density at radius 1 is 1.22 bits per heavy atom. The van der Waals surface area contributed by atoms with Crippen molar-refractivity contribution in [3.05, 3.63) is 17.7 Å². The monoisotopic (exact) mass is 249 g/mol. The number of ether oxygens (including phenoxy) is 3. The molecule has 0 bridgehead atoms. The summed E-state index contributed by atoms with van der Waals surface area (Å²) >= 11 is 0. The molecule has 2 heterocycles. The zero-order valence-electron chi connectivity index (χ0n) is 10.9. The van der Waals surface area contributed by atoms with Gasteiger partial charge in [0.15, 0.2) is 11.5 Å². The topological polar surface area (TPSA) is 39.7 Å². The lowest BCUT2D eigenvalue weighted by Crippen LogP contribution is -2.41. The van der Waals surface area contributed by atoms with E-state index in [2.05, 4.69) is 11.4 Å². The second kappa shape index (κ2) is 4.35. The van der Waals surface area contributed by atoms with Gasteiger partial charge in [0.25, 0.3) is 0 Å². The molecule has 0 aromatic heterocycles. The first-order chi connectivity index (χ1) is 8.78. The van der Waals surface area contributed by atoms with E-state index < -0.39 is 0 Å². The van der Waals surface area contributed by atoms with Gasteiger partial charge in [0.05, 0.1) is 14.2 Å². The summed E-state index contributed by atoms with van der Waals surface area (Å²) in [6, 6.07) is 4.03. The third kappa shape index (κ3) is 1.72. The average Bonchev–Trinajstić information content (AvgIpc) is 2.85. The van der Waals surface area contributed by atoms with Gasteiger partial charge in [0, 0.05) is 13.0 Å². The Bertz CT molecular complexity index is 453. The van der Waals surface area contributed by atoms with E-state index >= 15 is 0 Å². The summed E-state index contributed by atoms with van der Waals surface area (Å²) in [5.41, 5.74) is 1.16. The smallest absolute Gasteiger partial charge is 0.203 e. The molecule has 1 aromatic carbocycles. The van der Waals surface area contributed by atoms with Gasteiger partial charge in [-0.25, -0.2) is 0 Å². The van der Waals surface area contributed by atoms with Crippen LogP contribution in [0.2, 0.25) is 0 Å². The molecule has 4 heteroatoms. The molecule has 0 aliphatic carbocycles. The van der Waals surface area contributed by atoms with E-state index in [0.29, 0.717) is 0 Å². The molecule has 1 saturated heterocycles. The highest BCUT2D eigenvalue weighted by Crippen LogP contribution is 2.46. The highest BCUT2D eigenvalue weighted by molar-refractivity contribution is 5.57. The molecule has 1 unspecified atom stereocenters. The number of methoxy groups -OCH3 is 2. The number of hydrogen-bond acceptors (Lipinski definition) is 4. The number of benzene rings is 1. The second-order valence-corrected chi connectivity index (χ2v) is 5.00. The molecule has 1 aromatic rings. The van der Waals surface area contributed by atoms with Crippen molar-refractivity contribution in [2.75, 3.05) is 27.3 Å². The highest BCUT2D eigenvalue weighted by atomic mass is 16.5. The first kappa shape index (κ1) is 11.7. The molecule has 2 aliphatic rings. The Hall–Kier alpha value is -1.42. The Balaban J connectivity index is 2.01. The van der Waals surface area contributed by atoms with E-state index in [1.165, 1.54) is 5.56 Å². The number of nitrogens with one attached hydrogen (secondary N) is 1.